The van der Waals surface area contributed by atoms with Crippen molar-refractivity contribution in [2.75, 3.05) is 45.4 Å². The van der Waals surface area contributed by atoms with E-state index in [-0.39, 0.29) is 10.1 Å². The Bertz CT molecular complexity index is 984. The first-order valence-electron chi connectivity index (χ1n) is 8.93. The summed E-state index contributed by atoms with van der Waals surface area (Å²) in [5, 5.41) is 20.7. The predicted octanol–water partition coefficient (Wildman–Crippen LogP) is 4.69. The summed E-state index contributed by atoms with van der Waals surface area (Å²) < 4.78 is 10.4. The van der Waals surface area contributed by atoms with Gasteiger partial charge in [-0.3, -0.25) is 10.1 Å². The Balaban J connectivity index is 1.94. The Kier molecular flexibility index (Phi) is 7.90. The molecule has 0 saturated heterocycles. The Morgan fingerprint density at radius 2 is 1.80 bits per heavy atom. The van der Waals surface area contributed by atoms with Crippen molar-refractivity contribution >= 4 is 42.9 Å². The van der Waals surface area contributed by atoms with Gasteiger partial charge in [0.1, 0.15) is 11.9 Å². The molecule has 2 heterocycles. The predicted molar refractivity (Wildman–Crippen MR) is 116 cm³/mol. The number of benzene rings is 1. The van der Waals surface area contributed by atoms with E-state index in [9.17, 15) is 10.1 Å². The first kappa shape index (κ1) is 21.9. The average Bonchev–Trinajstić information content (AvgIpc) is 3.40. The van der Waals surface area contributed by atoms with Crippen LogP contribution in [-0.4, -0.2) is 55.4 Å². The van der Waals surface area contributed by atoms with Crippen LogP contribution in [0, 0.1) is 10.1 Å². The van der Waals surface area contributed by atoms with Gasteiger partial charge in [-0.05, 0) is 11.3 Å². The Morgan fingerprint density at radius 3 is 2.40 bits per heavy atom. The van der Waals surface area contributed by atoms with Gasteiger partial charge in [0, 0.05) is 32.9 Å². The molecule has 3 rings (SSSR count). The maximum absolute atomic E-state index is 10.8. The Morgan fingerprint density at radius 1 is 1.10 bits per heavy atom. The Labute approximate surface area is 181 Å². The van der Waals surface area contributed by atoms with E-state index in [0.717, 1.165) is 22.0 Å². The highest BCUT2D eigenvalue weighted by Crippen LogP contribution is 2.41. The molecule has 30 heavy (non-hydrogen) atoms. The molecule has 0 unspecified atom stereocenters. The number of rotatable bonds is 11. The molecule has 0 aliphatic heterocycles. The fraction of sp³-hybridized carbons (Fsp3) is 0.333. The number of thiazole rings is 2. The summed E-state index contributed by atoms with van der Waals surface area (Å²) in [6.45, 7) is 2.39. The molecule has 1 aromatic carbocycles. The topological polar surface area (TPSA) is 115 Å². The van der Waals surface area contributed by atoms with E-state index >= 15 is 0 Å². The van der Waals surface area contributed by atoms with Crippen LogP contribution in [0.5, 0.6) is 0 Å². The van der Waals surface area contributed by atoms with Crippen molar-refractivity contribution < 1.29 is 14.4 Å². The van der Waals surface area contributed by atoms with Crippen LogP contribution >= 0.6 is 22.7 Å². The van der Waals surface area contributed by atoms with Crippen LogP contribution in [0.15, 0.2) is 46.8 Å². The zero-order chi connectivity index (χ0) is 21.3. The number of nitrogens with zero attached hydrogens (tertiary/aromatic N) is 6. The molecule has 0 spiro atoms. The van der Waals surface area contributed by atoms with Gasteiger partial charge in [0.2, 0.25) is 5.13 Å². The maximum atomic E-state index is 10.8. The largest absolute Gasteiger partial charge is 0.383 e. The second kappa shape index (κ2) is 10.8. The van der Waals surface area contributed by atoms with Gasteiger partial charge in [-0.15, -0.1) is 10.2 Å². The van der Waals surface area contributed by atoms with E-state index < -0.39 is 4.92 Å². The number of methoxy groups -OCH3 is 2. The van der Waals surface area contributed by atoms with Crippen molar-refractivity contribution in [3.8, 4) is 11.3 Å². The number of anilines is 1. The van der Waals surface area contributed by atoms with Gasteiger partial charge < -0.3 is 14.4 Å². The van der Waals surface area contributed by atoms with Gasteiger partial charge in [0.05, 0.1) is 18.1 Å². The van der Waals surface area contributed by atoms with Crippen LogP contribution in [0.3, 0.4) is 0 Å². The van der Waals surface area contributed by atoms with E-state index in [1.807, 2.05) is 30.3 Å². The number of aromatic nitrogens is 2. The zero-order valence-corrected chi connectivity index (χ0v) is 18.1. The molecule has 0 saturated carbocycles. The van der Waals surface area contributed by atoms with Gasteiger partial charge in [0.15, 0.2) is 10.1 Å². The van der Waals surface area contributed by atoms with Crippen molar-refractivity contribution in [1.82, 2.24) is 9.97 Å². The summed E-state index contributed by atoms with van der Waals surface area (Å²) in [4.78, 5) is 21.1. The number of ether oxygens (including phenoxy) is 2. The minimum Gasteiger partial charge on any atom is -0.383 e. The maximum Gasteiger partial charge on any atom is 0.345 e. The molecule has 0 radical (unpaired) electrons. The van der Waals surface area contributed by atoms with Gasteiger partial charge >= 0.3 is 5.00 Å². The first-order chi connectivity index (χ1) is 14.6. The van der Waals surface area contributed by atoms with Crippen LogP contribution in [0.4, 0.5) is 20.3 Å². The third kappa shape index (κ3) is 5.63. The standard InChI is InChI=1S/C18H20N6O4S2/c1-27-10-8-23(9-11-28-2)18-20-15(13-6-4-3-5-7-13)16(30-18)21-22-17-19-12-14(29-17)24(25)26/h3-7,12H,8-11H2,1-2H3. The third-order valence-electron chi connectivity index (χ3n) is 3.93. The van der Waals surface area contributed by atoms with Crippen LogP contribution < -0.4 is 4.90 Å². The molecule has 2 aromatic heterocycles. The molecule has 0 amide bonds. The molecule has 158 valence electrons. The molecular weight excluding hydrogens is 428 g/mol. The first-order valence-corrected chi connectivity index (χ1v) is 10.6. The number of azo groups is 1. The molecule has 0 N–H and O–H groups in total. The van der Waals surface area contributed by atoms with E-state index in [2.05, 4.69) is 20.1 Å². The molecule has 0 aliphatic rings. The summed E-state index contributed by atoms with van der Waals surface area (Å²) in [7, 11) is 3.30. The number of hydrogen-bond donors (Lipinski definition) is 0. The van der Waals surface area contributed by atoms with Gasteiger partial charge in [-0.25, -0.2) is 9.97 Å². The number of hydrogen-bond acceptors (Lipinski definition) is 11. The van der Waals surface area contributed by atoms with Gasteiger partial charge in [-0.2, -0.15) is 0 Å². The van der Waals surface area contributed by atoms with E-state index in [0.29, 0.717) is 37.0 Å². The molecule has 12 heteroatoms. The lowest BCUT2D eigenvalue weighted by Crippen LogP contribution is -2.30. The van der Waals surface area contributed by atoms with Crippen molar-refractivity contribution in [1.29, 1.82) is 0 Å². The third-order valence-corrected chi connectivity index (χ3v) is 5.77. The SMILES string of the molecule is COCCN(CCOC)c1nc(-c2ccccc2)c(N=Nc2ncc([N+](=O)[O-])s2)s1. The molecule has 10 nitrogen and oxygen atoms in total. The van der Waals surface area contributed by atoms with E-state index in [1.54, 1.807) is 14.2 Å². The van der Waals surface area contributed by atoms with Crippen molar-refractivity contribution in [2.45, 2.75) is 0 Å². The number of nitro groups is 1. The van der Waals surface area contributed by atoms with Gasteiger partial charge in [-0.1, -0.05) is 41.7 Å². The highest BCUT2D eigenvalue weighted by Gasteiger charge is 2.18. The average molecular weight is 449 g/mol. The molecule has 0 bridgehead atoms. The fourth-order valence-corrected chi connectivity index (χ4v) is 3.99. The van der Waals surface area contributed by atoms with E-state index in [4.69, 9.17) is 14.5 Å². The van der Waals surface area contributed by atoms with Crippen LogP contribution in [-0.2, 0) is 9.47 Å². The monoisotopic (exact) mass is 448 g/mol. The van der Waals surface area contributed by atoms with Gasteiger partial charge in [0.25, 0.3) is 0 Å². The molecule has 0 fully saturated rings. The molecule has 3 aromatic rings. The lowest BCUT2D eigenvalue weighted by atomic mass is 10.2. The fourth-order valence-electron chi connectivity index (χ4n) is 2.47. The van der Waals surface area contributed by atoms with Crippen molar-refractivity contribution in [3.63, 3.8) is 0 Å². The smallest absolute Gasteiger partial charge is 0.345 e. The van der Waals surface area contributed by atoms with E-state index in [1.165, 1.54) is 17.5 Å². The molecule has 0 aliphatic carbocycles. The van der Waals surface area contributed by atoms with Crippen LogP contribution in [0.1, 0.15) is 0 Å². The zero-order valence-electron chi connectivity index (χ0n) is 16.4. The lowest BCUT2D eigenvalue weighted by Gasteiger charge is -2.20. The molecule has 0 atom stereocenters. The minimum absolute atomic E-state index is 0.0810. The summed E-state index contributed by atoms with van der Waals surface area (Å²) in [5.41, 5.74) is 1.59. The summed E-state index contributed by atoms with van der Waals surface area (Å²) >= 11 is 2.25. The van der Waals surface area contributed by atoms with Crippen molar-refractivity contribution in [3.05, 3.63) is 46.6 Å². The van der Waals surface area contributed by atoms with Crippen molar-refractivity contribution in [2.24, 2.45) is 10.2 Å². The second-order valence-electron chi connectivity index (χ2n) is 5.93. The Hall–Kier alpha value is -2.80. The highest BCUT2D eigenvalue weighted by atomic mass is 32.1. The highest BCUT2D eigenvalue weighted by molar-refractivity contribution is 7.20. The summed E-state index contributed by atoms with van der Waals surface area (Å²) in [6.07, 6.45) is 1.17. The van der Waals surface area contributed by atoms with Crippen LogP contribution in [0.2, 0.25) is 0 Å². The quantitative estimate of drug-likeness (QED) is 0.237. The normalized spacial score (nSPS) is 11.3. The lowest BCUT2D eigenvalue weighted by molar-refractivity contribution is -0.380. The second-order valence-corrected chi connectivity index (χ2v) is 7.87. The molecular formula is C18H20N6O4S2. The van der Waals surface area contributed by atoms with Crippen LogP contribution in [0.25, 0.3) is 11.3 Å². The summed E-state index contributed by atoms with van der Waals surface area (Å²) in [6, 6.07) is 9.66. The summed E-state index contributed by atoms with van der Waals surface area (Å²) in [5.74, 6) is 0. The minimum atomic E-state index is -0.500.